The van der Waals surface area contributed by atoms with E-state index in [1.165, 1.54) is 0 Å². The molecule has 0 unspecified atom stereocenters. The maximum atomic E-state index is 6.66. The molecule has 2 aliphatic rings. The van der Waals surface area contributed by atoms with Gasteiger partial charge in [-0.15, -0.1) is 0 Å². The van der Waals surface area contributed by atoms with Crippen LogP contribution in [0.15, 0.2) is 30.7 Å². The van der Waals surface area contributed by atoms with Crippen LogP contribution >= 0.6 is 11.6 Å². The van der Waals surface area contributed by atoms with Crippen molar-refractivity contribution >= 4 is 39.8 Å². The number of hydrogen-bond acceptors (Lipinski definition) is 7. The number of nitrogens with zero attached hydrogens (tertiary/aromatic N) is 6. The van der Waals surface area contributed by atoms with E-state index in [4.69, 9.17) is 21.3 Å². The summed E-state index contributed by atoms with van der Waals surface area (Å²) in [6.07, 6.45) is 5.57. The maximum Gasteiger partial charge on any atom is 0.227 e. The van der Waals surface area contributed by atoms with E-state index < -0.39 is 0 Å². The van der Waals surface area contributed by atoms with Crippen LogP contribution in [0.5, 0.6) is 0 Å². The second-order valence-electron chi connectivity index (χ2n) is 9.99. The second-order valence-corrected chi connectivity index (χ2v) is 10.4. The first-order chi connectivity index (χ1) is 15.2. The van der Waals surface area contributed by atoms with E-state index >= 15 is 0 Å². The summed E-state index contributed by atoms with van der Waals surface area (Å²) in [5.74, 6) is 0.543. The van der Waals surface area contributed by atoms with E-state index in [1.807, 2.05) is 23.1 Å². The third kappa shape index (κ3) is 4.02. The smallest absolute Gasteiger partial charge is 0.227 e. The van der Waals surface area contributed by atoms with Gasteiger partial charge < -0.3 is 15.0 Å². The molecule has 0 amide bonds. The van der Waals surface area contributed by atoms with Crippen molar-refractivity contribution < 1.29 is 4.74 Å². The molecule has 1 aromatic carbocycles. The van der Waals surface area contributed by atoms with Crippen LogP contribution in [0.3, 0.4) is 0 Å². The molecule has 170 valence electrons. The zero-order chi connectivity index (χ0) is 22.5. The van der Waals surface area contributed by atoms with Crippen LogP contribution in [0, 0.1) is 0 Å². The molecule has 2 aliphatic heterocycles. The molecule has 32 heavy (non-hydrogen) atoms. The summed E-state index contributed by atoms with van der Waals surface area (Å²) in [5.41, 5.74) is 2.86. The molecule has 8 nitrogen and oxygen atoms in total. The highest BCUT2D eigenvalue weighted by Gasteiger charge is 2.40. The Morgan fingerprint density at radius 2 is 1.84 bits per heavy atom. The Labute approximate surface area is 193 Å². The number of piperazine rings is 1. The fourth-order valence-corrected chi connectivity index (χ4v) is 4.58. The van der Waals surface area contributed by atoms with E-state index in [2.05, 4.69) is 59.0 Å². The van der Waals surface area contributed by atoms with Gasteiger partial charge in [-0.1, -0.05) is 11.6 Å². The molecule has 2 fully saturated rings. The van der Waals surface area contributed by atoms with E-state index in [-0.39, 0.29) is 11.1 Å². The van der Waals surface area contributed by atoms with Gasteiger partial charge in [0, 0.05) is 44.0 Å². The second kappa shape index (κ2) is 7.86. The third-order valence-electron chi connectivity index (χ3n) is 6.38. The molecule has 0 bridgehead atoms. The highest BCUT2D eigenvalue weighted by molar-refractivity contribution is 6.34. The summed E-state index contributed by atoms with van der Waals surface area (Å²) in [6.45, 7) is 14.1. The lowest BCUT2D eigenvalue weighted by Gasteiger charge is -2.50. The number of nitrogens with one attached hydrogen (secondary N) is 1. The molecule has 0 aliphatic carbocycles. The summed E-state index contributed by atoms with van der Waals surface area (Å²) in [4.78, 5) is 14.1. The van der Waals surface area contributed by atoms with Crippen LogP contribution in [0.25, 0.3) is 10.9 Å². The fourth-order valence-electron chi connectivity index (χ4n) is 4.29. The molecule has 4 heterocycles. The van der Waals surface area contributed by atoms with Gasteiger partial charge in [-0.25, -0.2) is 9.97 Å². The number of benzene rings is 1. The number of anilines is 3. The summed E-state index contributed by atoms with van der Waals surface area (Å²) >= 11 is 6.66. The highest BCUT2D eigenvalue weighted by atomic mass is 35.5. The molecule has 0 atom stereocenters. The number of aromatic nitrogens is 4. The maximum absolute atomic E-state index is 6.66. The molecule has 9 heteroatoms. The quantitative estimate of drug-likeness (QED) is 0.639. The third-order valence-corrected chi connectivity index (χ3v) is 6.69. The molecule has 3 aromatic rings. The molecule has 2 saturated heterocycles. The topological polar surface area (TPSA) is 71.3 Å². The van der Waals surface area contributed by atoms with E-state index in [9.17, 15) is 0 Å². The van der Waals surface area contributed by atoms with Crippen molar-refractivity contribution in [3.05, 3.63) is 35.7 Å². The molecule has 1 N–H and O–H groups in total. The van der Waals surface area contributed by atoms with Crippen molar-refractivity contribution in [1.82, 2.24) is 24.6 Å². The first-order valence-electron chi connectivity index (χ1n) is 11.1. The van der Waals surface area contributed by atoms with Crippen LogP contribution in [0.2, 0.25) is 5.02 Å². The Balaban J connectivity index is 1.35. The van der Waals surface area contributed by atoms with E-state index in [0.717, 1.165) is 66.7 Å². The lowest BCUT2D eigenvalue weighted by molar-refractivity contribution is -0.131. The number of halogens is 1. The van der Waals surface area contributed by atoms with Crippen molar-refractivity contribution in [3.63, 3.8) is 0 Å². The van der Waals surface area contributed by atoms with Gasteiger partial charge in [-0.05, 0) is 39.8 Å². The highest BCUT2D eigenvalue weighted by Crippen LogP contribution is 2.33. The first kappa shape index (κ1) is 21.4. The van der Waals surface area contributed by atoms with Crippen LogP contribution in [-0.2, 0) is 10.3 Å². The predicted octanol–water partition coefficient (Wildman–Crippen LogP) is 3.89. The van der Waals surface area contributed by atoms with Gasteiger partial charge in [0.2, 0.25) is 5.95 Å². The van der Waals surface area contributed by atoms with Gasteiger partial charge >= 0.3 is 0 Å². The number of fused-ring (bicyclic) bond motifs is 1. The molecular formula is C23H30ClN7O. The van der Waals surface area contributed by atoms with Crippen molar-refractivity contribution in [2.75, 3.05) is 49.6 Å². The Morgan fingerprint density at radius 3 is 2.47 bits per heavy atom. The van der Waals surface area contributed by atoms with E-state index in [1.54, 1.807) is 6.20 Å². The average molecular weight is 456 g/mol. The fraction of sp³-hybridized carbons (Fsp3) is 0.522. The summed E-state index contributed by atoms with van der Waals surface area (Å²) in [5, 5.41) is 9.36. The van der Waals surface area contributed by atoms with Gasteiger partial charge in [-0.2, -0.15) is 5.10 Å². The Bertz CT molecular complexity index is 1130. The Morgan fingerprint density at radius 1 is 1.09 bits per heavy atom. The molecule has 0 saturated carbocycles. The van der Waals surface area contributed by atoms with Crippen LogP contribution in [-0.4, -0.2) is 69.6 Å². The predicted molar refractivity (Wildman–Crippen MR) is 128 cm³/mol. The molecule has 2 aromatic heterocycles. The van der Waals surface area contributed by atoms with Crippen LogP contribution in [0.1, 0.15) is 27.7 Å². The number of hydrogen-bond donors (Lipinski definition) is 1. The van der Waals surface area contributed by atoms with Crippen molar-refractivity contribution in [2.24, 2.45) is 0 Å². The Kier molecular flexibility index (Phi) is 5.27. The lowest BCUT2D eigenvalue weighted by atomic mass is 9.97. The molecule has 0 spiro atoms. The van der Waals surface area contributed by atoms with Gasteiger partial charge in [0.15, 0.2) is 0 Å². The van der Waals surface area contributed by atoms with Crippen LogP contribution in [0.4, 0.5) is 17.3 Å². The normalized spacial score (nSPS) is 19.2. The minimum absolute atomic E-state index is 0.0804. The summed E-state index contributed by atoms with van der Waals surface area (Å²) in [6, 6.07) is 4.04. The standard InChI is InChI=1S/C23H30ClN7O/c1-22(2,3)31-13-17(12-26-31)27-21-25-11-16-9-18(24)20(10-19(16)28-21)29-5-7-30(8-6-29)23(4)14-32-15-23/h9-13H,5-8,14-15H2,1-4H3,(H,25,27,28). The Hall–Kier alpha value is -2.42. The molecular weight excluding hydrogens is 426 g/mol. The number of ether oxygens (including phenoxy) is 1. The SMILES string of the molecule is CC1(N2CCN(c3cc4nc(Nc5cnn(C(C)(C)C)c5)ncc4cc3Cl)CC2)COC1. The van der Waals surface area contributed by atoms with E-state index in [0.29, 0.717) is 5.95 Å². The largest absolute Gasteiger partial charge is 0.377 e. The average Bonchev–Trinajstić information content (AvgIpc) is 3.21. The van der Waals surface area contributed by atoms with Crippen LogP contribution < -0.4 is 10.2 Å². The van der Waals surface area contributed by atoms with Gasteiger partial charge in [-0.3, -0.25) is 9.58 Å². The minimum Gasteiger partial charge on any atom is -0.377 e. The zero-order valence-electron chi connectivity index (χ0n) is 19.1. The first-order valence-corrected chi connectivity index (χ1v) is 11.5. The van der Waals surface area contributed by atoms with Gasteiger partial charge in [0.25, 0.3) is 0 Å². The van der Waals surface area contributed by atoms with Crippen molar-refractivity contribution in [1.29, 1.82) is 0 Å². The lowest BCUT2D eigenvalue weighted by Crippen LogP contribution is -2.64. The summed E-state index contributed by atoms with van der Waals surface area (Å²) < 4.78 is 7.36. The molecule has 0 radical (unpaired) electrons. The monoisotopic (exact) mass is 455 g/mol. The minimum atomic E-state index is -0.0804. The molecule has 5 rings (SSSR count). The summed E-state index contributed by atoms with van der Waals surface area (Å²) in [7, 11) is 0. The van der Waals surface area contributed by atoms with Crippen molar-refractivity contribution in [3.8, 4) is 0 Å². The van der Waals surface area contributed by atoms with Gasteiger partial charge in [0.1, 0.15) is 0 Å². The zero-order valence-corrected chi connectivity index (χ0v) is 19.9. The van der Waals surface area contributed by atoms with Gasteiger partial charge in [0.05, 0.1) is 52.4 Å². The van der Waals surface area contributed by atoms with Crippen molar-refractivity contribution in [2.45, 2.75) is 38.8 Å². The number of rotatable bonds is 4.